The van der Waals surface area contributed by atoms with E-state index >= 15 is 0 Å². The summed E-state index contributed by atoms with van der Waals surface area (Å²) < 4.78 is 63.6. The van der Waals surface area contributed by atoms with Crippen LogP contribution >= 0.6 is 0 Å². The second-order valence-electron chi connectivity index (χ2n) is 9.87. The van der Waals surface area contributed by atoms with Gasteiger partial charge in [-0.1, -0.05) is 12.1 Å². The Kier molecular flexibility index (Phi) is 6.21. The van der Waals surface area contributed by atoms with Gasteiger partial charge >= 0.3 is 12.4 Å². The number of urea groups is 1. The monoisotopic (exact) mass is 534 g/mol. The number of amides is 2. The molecule has 1 atom stereocenters. The molecule has 2 aromatic heterocycles. The SMILES string of the molecule is CC(C)(NC(=O)N1CCC2(C1)OCCn1nc(-c3cnc(N)c(OC(F)(F)F)c3)cc12)c1ccc(F)cc1. The molecule has 13 heteroatoms. The molecule has 1 fully saturated rings. The Hall–Kier alpha value is -3.87. The van der Waals surface area contributed by atoms with E-state index < -0.39 is 29.1 Å². The Morgan fingerprint density at radius 1 is 1.18 bits per heavy atom. The second-order valence-corrected chi connectivity index (χ2v) is 9.87. The first kappa shape index (κ1) is 25.8. The maximum atomic E-state index is 13.3. The fourth-order valence-electron chi connectivity index (χ4n) is 4.87. The highest BCUT2D eigenvalue weighted by Gasteiger charge is 2.47. The standard InChI is InChI=1S/C25H26F4N6O3/c1-23(2,16-3-5-17(26)6-4-16)32-22(36)34-8-7-24(14-34)20-12-18(33-35(20)9-10-37-24)15-11-19(21(30)31-13-15)38-25(27,28)29/h3-6,11-13H,7-10,14H2,1-2H3,(H2,30,31)(H,32,36). The predicted molar refractivity (Wildman–Crippen MR) is 128 cm³/mol. The van der Waals surface area contributed by atoms with Crippen LogP contribution in [0.4, 0.5) is 28.2 Å². The number of nitrogen functional groups attached to an aromatic ring is 1. The lowest BCUT2D eigenvalue weighted by Gasteiger charge is -2.35. The van der Waals surface area contributed by atoms with E-state index in [9.17, 15) is 22.4 Å². The molecule has 3 aromatic rings. The zero-order valence-corrected chi connectivity index (χ0v) is 20.7. The molecule has 3 N–H and O–H groups in total. The molecule has 0 radical (unpaired) electrons. The van der Waals surface area contributed by atoms with Crippen molar-refractivity contribution in [1.82, 2.24) is 25.0 Å². The van der Waals surface area contributed by atoms with Crippen LogP contribution in [0.25, 0.3) is 11.3 Å². The van der Waals surface area contributed by atoms with E-state index in [4.69, 9.17) is 10.5 Å². The maximum Gasteiger partial charge on any atom is 0.573 e. The molecule has 5 rings (SSSR count). The third-order valence-electron chi connectivity index (χ3n) is 6.84. The van der Waals surface area contributed by atoms with Crippen LogP contribution in [0.5, 0.6) is 5.75 Å². The van der Waals surface area contributed by atoms with Crippen LogP contribution in [0.3, 0.4) is 0 Å². The lowest BCUT2D eigenvalue weighted by atomic mass is 9.94. The first-order chi connectivity index (χ1) is 17.9. The summed E-state index contributed by atoms with van der Waals surface area (Å²) in [4.78, 5) is 18.7. The highest BCUT2D eigenvalue weighted by Crippen LogP contribution is 2.40. The van der Waals surface area contributed by atoms with Crippen molar-refractivity contribution in [2.24, 2.45) is 0 Å². The van der Waals surface area contributed by atoms with E-state index in [-0.39, 0.29) is 18.4 Å². The highest BCUT2D eigenvalue weighted by atomic mass is 19.4. The molecule has 0 aliphatic carbocycles. The number of rotatable bonds is 4. The number of likely N-dealkylation sites (tertiary alicyclic amines) is 1. The molecule has 0 saturated carbocycles. The van der Waals surface area contributed by atoms with Crippen LogP contribution < -0.4 is 15.8 Å². The van der Waals surface area contributed by atoms with Gasteiger partial charge in [0.1, 0.15) is 11.4 Å². The van der Waals surface area contributed by atoms with Crippen molar-refractivity contribution < 1.29 is 31.8 Å². The van der Waals surface area contributed by atoms with E-state index in [0.717, 1.165) is 11.6 Å². The molecule has 1 saturated heterocycles. The van der Waals surface area contributed by atoms with Gasteiger partial charge in [-0.05, 0) is 43.7 Å². The minimum Gasteiger partial charge on any atom is -0.402 e. The summed E-state index contributed by atoms with van der Waals surface area (Å²) in [6, 6.07) is 8.52. The van der Waals surface area contributed by atoms with Gasteiger partial charge in [-0.3, -0.25) is 4.68 Å². The first-order valence-electron chi connectivity index (χ1n) is 11.9. The zero-order chi connectivity index (χ0) is 27.3. The summed E-state index contributed by atoms with van der Waals surface area (Å²) in [7, 11) is 0. The number of carbonyl (C=O) groups excluding carboxylic acids is 1. The quantitative estimate of drug-likeness (QED) is 0.488. The molecule has 2 aliphatic rings. The maximum absolute atomic E-state index is 13.3. The van der Waals surface area contributed by atoms with Crippen LogP contribution in [0.2, 0.25) is 0 Å². The number of ether oxygens (including phenoxy) is 2. The Bertz CT molecular complexity index is 1360. The molecule has 1 aromatic carbocycles. The molecule has 9 nitrogen and oxygen atoms in total. The van der Waals surface area contributed by atoms with E-state index in [2.05, 4.69) is 20.1 Å². The Balaban J connectivity index is 1.36. The number of nitrogens with one attached hydrogen (secondary N) is 1. The number of nitrogens with zero attached hydrogens (tertiary/aromatic N) is 4. The number of halogens is 4. The van der Waals surface area contributed by atoms with Gasteiger partial charge in [0.2, 0.25) is 0 Å². The summed E-state index contributed by atoms with van der Waals surface area (Å²) in [5.74, 6) is -1.36. The van der Waals surface area contributed by atoms with E-state index in [1.54, 1.807) is 27.8 Å². The van der Waals surface area contributed by atoms with Gasteiger partial charge < -0.3 is 25.4 Å². The molecule has 38 heavy (non-hydrogen) atoms. The van der Waals surface area contributed by atoms with Crippen LogP contribution in [-0.4, -0.2) is 51.8 Å². The molecular formula is C25H26F4N6O3. The van der Waals surface area contributed by atoms with Gasteiger partial charge in [0.25, 0.3) is 0 Å². The average molecular weight is 535 g/mol. The lowest BCUT2D eigenvalue weighted by molar-refractivity contribution is -0.274. The van der Waals surface area contributed by atoms with Crippen LogP contribution in [0.15, 0.2) is 42.6 Å². The number of fused-ring (bicyclic) bond motifs is 2. The molecule has 1 unspecified atom stereocenters. The molecule has 0 bridgehead atoms. The molecule has 202 valence electrons. The van der Waals surface area contributed by atoms with Gasteiger partial charge in [0.15, 0.2) is 11.6 Å². The van der Waals surface area contributed by atoms with Gasteiger partial charge in [-0.25, -0.2) is 14.2 Å². The third-order valence-corrected chi connectivity index (χ3v) is 6.84. The molecule has 1 spiro atoms. The van der Waals surface area contributed by atoms with Crippen LogP contribution in [0.1, 0.15) is 31.5 Å². The summed E-state index contributed by atoms with van der Waals surface area (Å²) in [5, 5.41) is 7.55. The Morgan fingerprint density at radius 3 is 2.63 bits per heavy atom. The minimum absolute atomic E-state index is 0.256. The Morgan fingerprint density at radius 2 is 1.92 bits per heavy atom. The van der Waals surface area contributed by atoms with Gasteiger partial charge in [0.05, 0.1) is 36.6 Å². The van der Waals surface area contributed by atoms with E-state index in [1.165, 1.54) is 18.3 Å². The highest BCUT2D eigenvalue weighted by molar-refractivity contribution is 5.76. The van der Waals surface area contributed by atoms with E-state index in [0.29, 0.717) is 43.1 Å². The normalized spacial score (nSPS) is 19.5. The number of aromatic nitrogens is 3. The van der Waals surface area contributed by atoms with Gasteiger partial charge in [0, 0.05) is 24.7 Å². The number of hydrogen-bond donors (Lipinski definition) is 2. The topological polar surface area (TPSA) is 108 Å². The molecular weight excluding hydrogens is 508 g/mol. The number of alkyl halides is 3. The van der Waals surface area contributed by atoms with Gasteiger partial charge in [-0.15, -0.1) is 13.2 Å². The van der Waals surface area contributed by atoms with Crippen molar-refractivity contribution >= 4 is 11.8 Å². The largest absolute Gasteiger partial charge is 0.573 e. The van der Waals surface area contributed by atoms with Gasteiger partial charge in [-0.2, -0.15) is 5.10 Å². The van der Waals surface area contributed by atoms with Crippen molar-refractivity contribution in [3.8, 4) is 17.0 Å². The fourth-order valence-corrected chi connectivity index (χ4v) is 4.87. The van der Waals surface area contributed by atoms with Crippen molar-refractivity contribution in [2.75, 3.05) is 25.4 Å². The smallest absolute Gasteiger partial charge is 0.402 e. The third kappa shape index (κ3) is 4.97. The number of pyridine rings is 1. The predicted octanol–water partition coefficient (Wildman–Crippen LogP) is 4.14. The first-order valence-corrected chi connectivity index (χ1v) is 11.9. The van der Waals surface area contributed by atoms with Crippen molar-refractivity contribution in [1.29, 1.82) is 0 Å². The lowest BCUT2D eigenvalue weighted by Crippen LogP contribution is -2.49. The van der Waals surface area contributed by atoms with E-state index in [1.807, 2.05) is 13.8 Å². The van der Waals surface area contributed by atoms with Crippen LogP contribution in [-0.2, 0) is 22.4 Å². The number of benzene rings is 1. The zero-order valence-electron chi connectivity index (χ0n) is 20.7. The number of anilines is 1. The van der Waals surface area contributed by atoms with Crippen molar-refractivity contribution in [2.45, 2.75) is 44.3 Å². The second kappa shape index (κ2) is 9.15. The molecule has 4 heterocycles. The van der Waals surface area contributed by atoms with Crippen molar-refractivity contribution in [3.63, 3.8) is 0 Å². The van der Waals surface area contributed by atoms with Crippen LogP contribution in [0, 0.1) is 5.82 Å². The average Bonchev–Trinajstić information content (AvgIpc) is 3.46. The summed E-state index contributed by atoms with van der Waals surface area (Å²) in [6.45, 7) is 5.13. The Labute approximate surface area is 215 Å². The summed E-state index contributed by atoms with van der Waals surface area (Å²) >= 11 is 0. The molecule has 2 amide bonds. The molecule has 2 aliphatic heterocycles. The van der Waals surface area contributed by atoms with Crippen molar-refractivity contribution in [3.05, 3.63) is 59.7 Å². The minimum atomic E-state index is -4.92. The number of nitrogens with two attached hydrogens (primary N) is 1. The number of hydrogen-bond acceptors (Lipinski definition) is 6. The fraction of sp³-hybridized carbons (Fsp3) is 0.400. The number of carbonyl (C=O) groups is 1. The summed E-state index contributed by atoms with van der Waals surface area (Å²) in [5.41, 5.74) is 6.12. The summed E-state index contributed by atoms with van der Waals surface area (Å²) in [6.07, 6.45) is -3.09.